The molecule has 1 aromatic heterocycles. The molecule has 0 saturated carbocycles. The van der Waals surface area contributed by atoms with Crippen molar-refractivity contribution < 1.29 is 0 Å². The first-order valence-corrected chi connectivity index (χ1v) is 9.56. The van der Waals surface area contributed by atoms with Crippen LogP contribution in [0.3, 0.4) is 0 Å². The molecule has 1 aromatic carbocycles. The van der Waals surface area contributed by atoms with Crippen molar-refractivity contribution in [3.63, 3.8) is 0 Å². The van der Waals surface area contributed by atoms with Gasteiger partial charge in [0.2, 0.25) is 5.95 Å². The molecule has 5 nitrogen and oxygen atoms in total. The molecule has 0 unspecified atom stereocenters. The smallest absolute Gasteiger partial charge is 0.222 e. The Hall–Kier alpha value is -1.98. The highest BCUT2D eigenvalue weighted by Crippen LogP contribution is 2.33. The van der Waals surface area contributed by atoms with Gasteiger partial charge in [-0.1, -0.05) is 24.3 Å². The summed E-state index contributed by atoms with van der Waals surface area (Å²) >= 11 is 0. The third-order valence-electron chi connectivity index (χ3n) is 4.74. The van der Waals surface area contributed by atoms with Crippen LogP contribution in [0, 0.1) is 0 Å². The van der Waals surface area contributed by atoms with Crippen molar-refractivity contribution >= 4 is 5.95 Å². The van der Waals surface area contributed by atoms with E-state index in [-0.39, 0.29) is 0 Å². The lowest BCUT2D eigenvalue weighted by molar-refractivity contribution is 0.248. The molecule has 5 heteroatoms. The van der Waals surface area contributed by atoms with Crippen LogP contribution < -0.4 is 5.32 Å². The highest BCUT2D eigenvalue weighted by Gasteiger charge is 2.26. The molecule has 1 N–H and O–H groups in total. The third-order valence-corrected chi connectivity index (χ3v) is 4.74. The molecule has 0 bridgehead atoms. The van der Waals surface area contributed by atoms with Gasteiger partial charge in [0.15, 0.2) is 0 Å². The van der Waals surface area contributed by atoms with Crippen LogP contribution in [0.15, 0.2) is 36.7 Å². The second-order valence-corrected chi connectivity index (χ2v) is 7.82. The fourth-order valence-electron chi connectivity index (χ4n) is 3.61. The SMILES string of the molecule is CC(C)Nc1ncc(CN2CCC[C@H]2c2ccc(CN(C)C)cc2)cn1. The summed E-state index contributed by atoms with van der Waals surface area (Å²) < 4.78 is 0. The average molecular weight is 354 g/mol. The Bertz CT molecular complexity index is 679. The second-order valence-electron chi connectivity index (χ2n) is 7.82. The Morgan fingerprint density at radius 3 is 2.42 bits per heavy atom. The zero-order valence-electron chi connectivity index (χ0n) is 16.4. The quantitative estimate of drug-likeness (QED) is 0.822. The topological polar surface area (TPSA) is 44.3 Å². The molecular formula is C21H31N5. The molecule has 1 fully saturated rings. The monoisotopic (exact) mass is 353 g/mol. The molecule has 2 heterocycles. The summed E-state index contributed by atoms with van der Waals surface area (Å²) in [7, 11) is 4.22. The van der Waals surface area contributed by atoms with Crippen molar-refractivity contribution in [1.29, 1.82) is 0 Å². The molecule has 2 aromatic rings. The number of hydrogen-bond donors (Lipinski definition) is 1. The predicted molar refractivity (Wildman–Crippen MR) is 107 cm³/mol. The maximum absolute atomic E-state index is 4.44. The first-order valence-electron chi connectivity index (χ1n) is 9.56. The zero-order chi connectivity index (χ0) is 18.5. The van der Waals surface area contributed by atoms with E-state index in [0.717, 1.165) is 19.6 Å². The fraction of sp³-hybridized carbons (Fsp3) is 0.524. The molecule has 1 aliphatic rings. The largest absolute Gasteiger partial charge is 0.352 e. The molecule has 1 saturated heterocycles. The number of nitrogens with one attached hydrogen (secondary N) is 1. The van der Waals surface area contributed by atoms with Crippen LogP contribution in [0.25, 0.3) is 0 Å². The summed E-state index contributed by atoms with van der Waals surface area (Å²) in [6.45, 7) is 7.22. The molecule has 0 amide bonds. The predicted octanol–water partition coefficient (Wildman–Crippen LogP) is 3.70. The van der Waals surface area contributed by atoms with E-state index in [4.69, 9.17) is 0 Å². The molecule has 1 atom stereocenters. The molecule has 0 radical (unpaired) electrons. The first kappa shape index (κ1) is 18.8. The molecule has 3 rings (SSSR count). The van der Waals surface area contributed by atoms with E-state index >= 15 is 0 Å². The summed E-state index contributed by atoms with van der Waals surface area (Å²) in [6, 6.07) is 9.97. The zero-order valence-corrected chi connectivity index (χ0v) is 16.4. The van der Waals surface area contributed by atoms with E-state index in [1.165, 1.54) is 29.5 Å². The lowest BCUT2D eigenvalue weighted by atomic mass is 10.0. The highest BCUT2D eigenvalue weighted by molar-refractivity contribution is 5.27. The normalized spacial score (nSPS) is 18.0. The van der Waals surface area contributed by atoms with Crippen LogP contribution in [0.1, 0.15) is 49.4 Å². The van der Waals surface area contributed by atoms with Crippen LogP contribution >= 0.6 is 0 Å². The van der Waals surface area contributed by atoms with Gasteiger partial charge in [-0.25, -0.2) is 9.97 Å². The average Bonchev–Trinajstić information content (AvgIpc) is 3.04. The van der Waals surface area contributed by atoms with Gasteiger partial charge in [0.25, 0.3) is 0 Å². The van der Waals surface area contributed by atoms with Gasteiger partial charge in [-0.2, -0.15) is 0 Å². The van der Waals surface area contributed by atoms with Crippen molar-refractivity contribution in [2.24, 2.45) is 0 Å². The Balaban J connectivity index is 1.64. The number of nitrogens with zero attached hydrogens (tertiary/aromatic N) is 4. The number of likely N-dealkylation sites (tertiary alicyclic amines) is 1. The number of anilines is 1. The van der Waals surface area contributed by atoms with E-state index in [1.54, 1.807) is 0 Å². The minimum absolute atomic E-state index is 0.347. The Morgan fingerprint density at radius 2 is 1.81 bits per heavy atom. The second kappa shape index (κ2) is 8.60. The molecule has 140 valence electrons. The van der Waals surface area contributed by atoms with Crippen molar-refractivity contribution in [1.82, 2.24) is 19.8 Å². The summed E-state index contributed by atoms with van der Waals surface area (Å²) in [5, 5.41) is 3.24. The molecule has 1 aliphatic heterocycles. The van der Waals surface area contributed by atoms with Crippen molar-refractivity contribution in [3.05, 3.63) is 53.3 Å². The lowest BCUT2D eigenvalue weighted by Gasteiger charge is -2.25. The minimum Gasteiger partial charge on any atom is -0.352 e. The van der Waals surface area contributed by atoms with Crippen molar-refractivity contribution in [3.8, 4) is 0 Å². The first-order chi connectivity index (χ1) is 12.5. The van der Waals surface area contributed by atoms with Gasteiger partial charge in [0.05, 0.1) is 0 Å². The summed E-state index contributed by atoms with van der Waals surface area (Å²) in [5.41, 5.74) is 3.96. The summed E-state index contributed by atoms with van der Waals surface area (Å²) in [6.07, 6.45) is 6.37. The number of aromatic nitrogens is 2. The van der Waals surface area contributed by atoms with Gasteiger partial charge >= 0.3 is 0 Å². The van der Waals surface area contributed by atoms with E-state index < -0.39 is 0 Å². The number of benzene rings is 1. The van der Waals surface area contributed by atoms with Gasteiger partial charge < -0.3 is 10.2 Å². The van der Waals surface area contributed by atoms with E-state index in [2.05, 4.69) is 77.3 Å². The maximum atomic E-state index is 4.44. The van der Waals surface area contributed by atoms with Gasteiger partial charge in [0, 0.05) is 43.1 Å². The molecule has 26 heavy (non-hydrogen) atoms. The van der Waals surface area contributed by atoms with Crippen LogP contribution in [0.2, 0.25) is 0 Å². The third kappa shape index (κ3) is 5.02. The van der Waals surface area contributed by atoms with E-state index in [0.29, 0.717) is 18.0 Å². The van der Waals surface area contributed by atoms with Crippen LogP contribution in [0.4, 0.5) is 5.95 Å². The van der Waals surface area contributed by atoms with Gasteiger partial charge in [-0.05, 0) is 58.5 Å². The highest BCUT2D eigenvalue weighted by atomic mass is 15.2. The van der Waals surface area contributed by atoms with Crippen LogP contribution in [-0.2, 0) is 13.1 Å². The maximum Gasteiger partial charge on any atom is 0.222 e. The Morgan fingerprint density at radius 1 is 1.12 bits per heavy atom. The van der Waals surface area contributed by atoms with Gasteiger partial charge in [-0.15, -0.1) is 0 Å². The molecule has 0 spiro atoms. The Kier molecular flexibility index (Phi) is 6.22. The van der Waals surface area contributed by atoms with E-state index in [1.807, 2.05) is 12.4 Å². The molecule has 0 aliphatic carbocycles. The van der Waals surface area contributed by atoms with Gasteiger partial charge in [-0.3, -0.25) is 4.90 Å². The summed E-state index contributed by atoms with van der Waals surface area (Å²) in [5.74, 6) is 0.707. The lowest BCUT2D eigenvalue weighted by Crippen LogP contribution is -2.23. The Labute approximate surface area is 157 Å². The van der Waals surface area contributed by atoms with E-state index in [9.17, 15) is 0 Å². The van der Waals surface area contributed by atoms with Crippen LogP contribution in [0.5, 0.6) is 0 Å². The molecular weight excluding hydrogens is 322 g/mol. The standard InChI is InChI=1S/C21H31N5/c1-16(2)24-21-22-12-18(13-23-21)15-26-11-5-6-20(26)19-9-7-17(8-10-19)14-25(3)4/h7-10,12-13,16,20H,5-6,11,14-15H2,1-4H3,(H,22,23,24)/t20-/m0/s1. The minimum atomic E-state index is 0.347. The van der Waals surface area contributed by atoms with Crippen molar-refractivity contribution in [2.75, 3.05) is 26.0 Å². The number of hydrogen-bond acceptors (Lipinski definition) is 5. The van der Waals surface area contributed by atoms with Gasteiger partial charge in [0.1, 0.15) is 0 Å². The van der Waals surface area contributed by atoms with Crippen LogP contribution in [-0.4, -0.2) is 46.4 Å². The summed E-state index contributed by atoms with van der Waals surface area (Å²) in [4.78, 5) is 13.6. The number of rotatable bonds is 7. The fourth-order valence-corrected chi connectivity index (χ4v) is 3.61. The van der Waals surface area contributed by atoms with Crippen molar-refractivity contribution in [2.45, 2.75) is 51.9 Å².